The number of para-hydroxylation sites is 1. The van der Waals surface area contributed by atoms with Crippen LogP contribution in [0.5, 0.6) is 5.75 Å². The number of hydrogen-bond acceptors (Lipinski definition) is 11. The molecule has 1 atom stereocenters. The third-order valence-corrected chi connectivity index (χ3v) is 3.91. The van der Waals surface area contributed by atoms with Crippen LogP contribution in [0.25, 0.3) is 0 Å². The van der Waals surface area contributed by atoms with Crippen LogP contribution in [0.1, 0.15) is 37.0 Å². The van der Waals surface area contributed by atoms with Gasteiger partial charge in [-0.3, -0.25) is 9.59 Å². The highest BCUT2D eigenvalue weighted by molar-refractivity contribution is 5.93. The molecule has 0 bridgehead atoms. The molecule has 1 heterocycles. The van der Waals surface area contributed by atoms with Gasteiger partial charge in [-0.1, -0.05) is 12.1 Å². The highest BCUT2D eigenvalue weighted by atomic mass is 16.8. The lowest BCUT2D eigenvalue weighted by atomic mass is 10.2. The summed E-state index contributed by atoms with van der Waals surface area (Å²) >= 11 is 0. The zero-order chi connectivity index (χ0) is 22.8. The normalized spacial score (nSPS) is 15.7. The first kappa shape index (κ1) is 23.4. The summed E-state index contributed by atoms with van der Waals surface area (Å²) in [5, 5.41) is 16.2. The van der Waals surface area contributed by atoms with Crippen LogP contribution in [0.3, 0.4) is 0 Å². The van der Waals surface area contributed by atoms with Crippen molar-refractivity contribution in [1.82, 2.24) is 5.01 Å². The highest BCUT2D eigenvalue weighted by Crippen LogP contribution is 2.20. The molecule has 168 valence electrons. The molecule has 0 N–H and O–H groups in total. The van der Waals surface area contributed by atoms with Crippen molar-refractivity contribution in [2.24, 2.45) is 5.28 Å². The van der Waals surface area contributed by atoms with Gasteiger partial charge in [0.2, 0.25) is 12.1 Å². The topological polar surface area (TPSA) is 156 Å². The SMILES string of the molecule is CC(=O)OCO/N=[N+](\[O-])N1CCC[C@H]1C(=O)OCOC(=O)c1ccccc1OC(C)=O. The van der Waals surface area contributed by atoms with E-state index in [1.54, 1.807) is 12.1 Å². The Morgan fingerprint density at radius 2 is 1.84 bits per heavy atom. The molecule has 1 aliphatic rings. The molecule has 31 heavy (non-hydrogen) atoms. The number of ether oxygens (including phenoxy) is 4. The van der Waals surface area contributed by atoms with Gasteiger partial charge in [0, 0.05) is 13.8 Å². The van der Waals surface area contributed by atoms with E-state index in [1.165, 1.54) is 19.1 Å². The first-order valence-electron chi connectivity index (χ1n) is 9.11. The maximum atomic E-state index is 12.3. The van der Waals surface area contributed by atoms with Crippen molar-refractivity contribution < 1.29 is 47.9 Å². The van der Waals surface area contributed by atoms with Crippen molar-refractivity contribution in [3.8, 4) is 5.75 Å². The Balaban J connectivity index is 1.86. The largest absolute Gasteiger partial charge is 0.569 e. The van der Waals surface area contributed by atoms with Gasteiger partial charge in [-0.05, 0) is 25.0 Å². The Kier molecular flexibility index (Phi) is 8.54. The fourth-order valence-electron chi connectivity index (χ4n) is 2.62. The number of benzene rings is 1. The smallest absolute Gasteiger partial charge is 0.344 e. The number of carbonyl (C=O) groups excluding carboxylic acids is 4. The van der Waals surface area contributed by atoms with E-state index in [0.29, 0.717) is 12.8 Å². The van der Waals surface area contributed by atoms with Crippen molar-refractivity contribution >= 4 is 23.9 Å². The van der Waals surface area contributed by atoms with E-state index in [2.05, 4.69) is 14.9 Å². The van der Waals surface area contributed by atoms with Crippen LogP contribution in [0.4, 0.5) is 0 Å². The van der Waals surface area contributed by atoms with E-state index >= 15 is 0 Å². The van der Waals surface area contributed by atoms with Gasteiger partial charge >= 0.3 is 23.9 Å². The lowest BCUT2D eigenvalue weighted by molar-refractivity contribution is -0.712. The second kappa shape index (κ2) is 11.3. The second-order valence-corrected chi connectivity index (χ2v) is 6.14. The Hall–Kier alpha value is -3.90. The van der Waals surface area contributed by atoms with Crippen molar-refractivity contribution in [2.75, 3.05) is 20.1 Å². The maximum absolute atomic E-state index is 12.3. The molecule has 1 saturated heterocycles. The first-order valence-corrected chi connectivity index (χ1v) is 9.11. The average Bonchev–Trinajstić information content (AvgIpc) is 3.21. The molecule has 0 aliphatic carbocycles. The minimum atomic E-state index is -0.967. The van der Waals surface area contributed by atoms with Gasteiger partial charge in [0.15, 0.2) is 6.04 Å². The summed E-state index contributed by atoms with van der Waals surface area (Å²) in [6, 6.07) is 4.94. The Bertz CT molecular complexity index is 857. The van der Waals surface area contributed by atoms with Gasteiger partial charge in [-0.2, -0.15) is 0 Å². The van der Waals surface area contributed by atoms with Gasteiger partial charge < -0.3 is 29.0 Å². The fourth-order valence-corrected chi connectivity index (χ4v) is 2.62. The highest BCUT2D eigenvalue weighted by Gasteiger charge is 2.38. The molecular formula is C18H21N3O10. The number of carbonyl (C=O) groups is 4. The monoisotopic (exact) mass is 439 g/mol. The molecule has 0 radical (unpaired) electrons. The van der Waals surface area contributed by atoms with E-state index in [9.17, 15) is 24.4 Å². The molecule has 0 aromatic heterocycles. The van der Waals surface area contributed by atoms with Crippen molar-refractivity contribution in [2.45, 2.75) is 32.7 Å². The van der Waals surface area contributed by atoms with Gasteiger partial charge in [-0.25, -0.2) is 9.59 Å². The number of hydrogen-bond donors (Lipinski definition) is 0. The Morgan fingerprint density at radius 1 is 1.10 bits per heavy atom. The van der Waals surface area contributed by atoms with Crippen LogP contribution in [0.15, 0.2) is 29.5 Å². The third-order valence-electron chi connectivity index (χ3n) is 3.91. The van der Waals surface area contributed by atoms with Crippen LogP contribution < -0.4 is 4.74 Å². The average molecular weight is 439 g/mol. The summed E-state index contributed by atoms with van der Waals surface area (Å²) in [7, 11) is 0. The molecule has 0 saturated carbocycles. The number of nitrogens with zero attached hydrogens (tertiary/aromatic N) is 3. The molecule has 1 aromatic rings. The van der Waals surface area contributed by atoms with Crippen LogP contribution in [0.2, 0.25) is 0 Å². The third kappa shape index (κ3) is 7.13. The summed E-state index contributed by atoms with van der Waals surface area (Å²) in [6.45, 7) is 1.28. The summed E-state index contributed by atoms with van der Waals surface area (Å²) in [5.74, 6) is -2.90. The van der Waals surface area contributed by atoms with Crippen molar-refractivity contribution in [1.29, 1.82) is 0 Å². The van der Waals surface area contributed by atoms with Crippen LogP contribution in [-0.2, 0) is 33.4 Å². The summed E-state index contributed by atoms with van der Waals surface area (Å²) in [4.78, 5) is 50.8. The summed E-state index contributed by atoms with van der Waals surface area (Å²) in [5.41, 5.74) is -0.0225. The molecule has 1 aromatic carbocycles. The lowest BCUT2D eigenvalue weighted by Crippen LogP contribution is -2.41. The Labute approximate surface area is 176 Å². The molecule has 1 fully saturated rings. The molecule has 0 spiro atoms. The van der Waals surface area contributed by atoms with E-state index in [1.807, 2.05) is 0 Å². The Morgan fingerprint density at radius 3 is 2.55 bits per heavy atom. The summed E-state index contributed by atoms with van der Waals surface area (Å²) in [6.07, 6.45) is 0.813. The van der Waals surface area contributed by atoms with Gasteiger partial charge in [0.25, 0.3) is 6.79 Å². The number of hydrazine groups is 1. The molecular weight excluding hydrogens is 418 g/mol. The molecule has 13 heteroatoms. The van der Waals surface area contributed by atoms with Crippen LogP contribution in [-0.4, -0.2) is 60.0 Å². The molecule has 0 amide bonds. The van der Waals surface area contributed by atoms with Crippen LogP contribution >= 0.6 is 0 Å². The minimum absolute atomic E-state index is 0.00524. The van der Waals surface area contributed by atoms with Crippen LogP contribution in [0, 0.1) is 5.21 Å². The zero-order valence-corrected chi connectivity index (χ0v) is 16.8. The predicted octanol–water partition coefficient (Wildman–Crippen LogP) is 1.06. The molecule has 2 rings (SSSR count). The van der Waals surface area contributed by atoms with Gasteiger partial charge in [0.05, 0.1) is 11.5 Å². The van der Waals surface area contributed by atoms with Gasteiger partial charge in [-0.15, -0.1) is 5.01 Å². The van der Waals surface area contributed by atoms with E-state index in [-0.39, 0.29) is 22.8 Å². The van der Waals surface area contributed by atoms with Crippen molar-refractivity contribution in [3.63, 3.8) is 0 Å². The van der Waals surface area contributed by atoms with E-state index in [4.69, 9.17) is 14.2 Å². The van der Waals surface area contributed by atoms with Gasteiger partial charge in [0.1, 0.15) is 11.3 Å². The maximum Gasteiger partial charge on any atom is 0.344 e. The standard InChI is InChI=1S/C18H21N3O10/c1-12(22)27-11-30-19-21(26)20-9-5-7-15(20)18(25)29-10-28-17(24)14-6-3-4-8-16(14)31-13(2)23/h3-4,6,8,15H,5,7,9-11H2,1-2H3/b21-19-/t15-/m0/s1. The first-order chi connectivity index (χ1) is 14.8. The lowest BCUT2D eigenvalue weighted by Gasteiger charge is -2.18. The fraction of sp³-hybridized carbons (Fsp3) is 0.444. The van der Waals surface area contributed by atoms with E-state index in [0.717, 1.165) is 11.9 Å². The van der Waals surface area contributed by atoms with Crippen molar-refractivity contribution in [3.05, 3.63) is 35.0 Å². The number of esters is 4. The summed E-state index contributed by atoms with van der Waals surface area (Å²) < 4.78 is 19.2. The number of rotatable bonds is 9. The quantitative estimate of drug-likeness (QED) is 0.103. The molecule has 1 aliphatic heterocycles. The molecule has 13 nitrogen and oxygen atoms in total. The second-order valence-electron chi connectivity index (χ2n) is 6.14. The predicted molar refractivity (Wildman–Crippen MR) is 97.6 cm³/mol. The zero-order valence-electron chi connectivity index (χ0n) is 16.8. The molecule has 0 unspecified atom stereocenters. The minimum Gasteiger partial charge on any atom is -0.569 e. The van der Waals surface area contributed by atoms with E-state index < -0.39 is 43.5 Å².